The molecule has 3 heterocycles. The number of nitriles is 1. The van der Waals surface area contributed by atoms with Gasteiger partial charge in [0.1, 0.15) is 23.2 Å². The van der Waals surface area contributed by atoms with Crippen LogP contribution in [-0.4, -0.2) is 34.8 Å². The minimum Gasteiger partial charge on any atom is -0.494 e. The quantitative estimate of drug-likeness (QED) is 0.214. The van der Waals surface area contributed by atoms with Crippen molar-refractivity contribution in [2.75, 3.05) is 23.8 Å². The Hall–Kier alpha value is -4.02. The van der Waals surface area contributed by atoms with E-state index >= 15 is 0 Å². The van der Waals surface area contributed by atoms with Gasteiger partial charge < -0.3 is 20.7 Å². The number of rotatable bonds is 9. The molecule has 6 rings (SSSR count). The highest BCUT2D eigenvalue weighted by atomic mass is 16.5. The molecule has 1 saturated carbocycles. The molecule has 1 aliphatic heterocycles. The Morgan fingerprint density at radius 3 is 2.73 bits per heavy atom. The van der Waals surface area contributed by atoms with E-state index in [1.807, 2.05) is 41.8 Å². The van der Waals surface area contributed by atoms with Gasteiger partial charge in [-0.25, -0.2) is 4.52 Å². The summed E-state index contributed by atoms with van der Waals surface area (Å²) in [5.74, 6) is 2.34. The normalized spacial score (nSPS) is 20.1. The number of aryl methyl sites for hydroxylation is 1. The number of benzene rings is 2. The van der Waals surface area contributed by atoms with Gasteiger partial charge in [0.05, 0.1) is 24.0 Å². The average Bonchev–Trinajstić information content (AvgIpc) is 3.39. The molecule has 2 aromatic heterocycles. The zero-order valence-corrected chi connectivity index (χ0v) is 23.2. The first-order chi connectivity index (χ1) is 19.7. The second-order valence-corrected chi connectivity index (χ2v) is 11.0. The van der Waals surface area contributed by atoms with Gasteiger partial charge in [0.25, 0.3) is 0 Å². The lowest BCUT2D eigenvalue weighted by Crippen LogP contribution is -2.42. The summed E-state index contributed by atoms with van der Waals surface area (Å²) in [6.07, 6.45) is 9.46. The summed E-state index contributed by atoms with van der Waals surface area (Å²) in [6, 6.07) is 24.1. The molecule has 3 N–H and O–H groups in total. The number of anilines is 3. The molecule has 40 heavy (non-hydrogen) atoms. The first kappa shape index (κ1) is 26.2. The summed E-state index contributed by atoms with van der Waals surface area (Å²) in [5, 5.41) is 26.2. The fraction of sp³-hybridized carbons (Fsp3) is 0.394. The van der Waals surface area contributed by atoms with Crippen LogP contribution in [-0.2, 0) is 12.8 Å². The van der Waals surface area contributed by atoms with Crippen molar-refractivity contribution in [2.45, 2.75) is 64.0 Å². The van der Waals surface area contributed by atoms with E-state index in [0.717, 1.165) is 85.5 Å². The molecule has 0 spiro atoms. The van der Waals surface area contributed by atoms with Crippen molar-refractivity contribution in [3.63, 3.8) is 0 Å². The molecule has 0 radical (unpaired) electrons. The van der Waals surface area contributed by atoms with Crippen LogP contribution in [0.2, 0.25) is 0 Å². The van der Waals surface area contributed by atoms with Crippen LogP contribution in [0.3, 0.4) is 0 Å². The molecule has 1 fully saturated rings. The van der Waals surface area contributed by atoms with Gasteiger partial charge in [0.2, 0.25) is 0 Å². The fourth-order valence-electron chi connectivity index (χ4n) is 6.50. The van der Waals surface area contributed by atoms with Crippen LogP contribution < -0.4 is 20.7 Å². The summed E-state index contributed by atoms with van der Waals surface area (Å²) in [6.45, 7) is 3.68. The molecule has 0 amide bonds. The maximum absolute atomic E-state index is 10.2. The lowest BCUT2D eigenvalue weighted by atomic mass is 9.79. The number of pyridine rings is 1. The highest BCUT2D eigenvalue weighted by molar-refractivity contribution is 5.83. The van der Waals surface area contributed by atoms with E-state index in [9.17, 15) is 5.26 Å². The van der Waals surface area contributed by atoms with E-state index in [1.54, 1.807) is 6.20 Å². The van der Waals surface area contributed by atoms with Gasteiger partial charge in [-0.2, -0.15) is 10.4 Å². The fourth-order valence-corrected chi connectivity index (χ4v) is 6.50. The van der Waals surface area contributed by atoms with Crippen LogP contribution in [0.25, 0.3) is 5.52 Å². The molecule has 2 aliphatic rings. The molecule has 0 saturated heterocycles. The first-order valence-electron chi connectivity index (χ1n) is 14.7. The molecule has 7 nitrogen and oxygen atoms in total. The predicted octanol–water partition coefficient (Wildman–Crippen LogP) is 6.47. The van der Waals surface area contributed by atoms with E-state index in [0.29, 0.717) is 30.2 Å². The molecule has 3 atom stereocenters. The Bertz CT molecular complexity index is 1470. The summed E-state index contributed by atoms with van der Waals surface area (Å²) >= 11 is 0. The summed E-state index contributed by atoms with van der Waals surface area (Å²) in [5.41, 5.74) is 6.01. The Morgan fingerprint density at radius 2 is 1.93 bits per heavy atom. The Labute approximate surface area is 236 Å². The maximum atomic E-state index is 10.2. The van der Waals surface area contributed by atoms with Crippen molar-refractivity contribution in [1.29, 1.82) is 5.26 Å². The smallest absolute Gasteiger partial charge is 0.137 e. The molecule has 7 heteroatoms. The van der Waals surface area contributed by atoms with Crippen LogP contribution in [0, 0.1) is 17.2 Å². The average molecular weight is 535 g/mol. The lowest BCUT2D eigenvalue weighted by Gasteiger charge is -2.36. The van der Waals surface area contributed by atoms with Gasteiger partial charge >= 0.3 is 0 Å². The number of hydrogen-bond donors (Lipinski definition) is 3. The topological polar surface area (TPSA) is 86.4 Å². The van der Waals surface area contributed by atoms with Crippen molar-refractivity contribution in [3.8, 4) is 11.8 Å². The number of aromatic nitrogens is 2. The van der Waals surface area contributed by atoms with Gasteiger partial charge in [0, 0.05) is 23.3 Å². The lowest BCUT2D eigenvalue weighted by molar-refractivity contribution is 0.255. The highest BCUT2D eigenvalue weighted by Gasteiger charge is 2.35. The van der Waals surface area contributed by atoms with Crippen molar-refractivity contribution in [1.82, 2.24) is 14.9 Å². The Morgan fingerprint density at radius 1 is 1.07 bits per heavy atom. The van der Waals surface area contributed by atoms with Crippen molar-refractivity contribution >= 4 is 22.7 Å². The first-order valence-corrected chi connectivity index (χ1v) is 14.7. The van der Waals surface area contributed by atoms with Gasteiger partial charge in [0.15, 0.2) is 0 Å². The van der Waals surface area contributed by atoms with E-state index in [1.165, 1.54) is 5.56 Å². The molecule has 4 aromatic rings. The highest BCUT2D eigenvalue weighted by Crippen LogP contribution is 2.41. The number of hydrogen-bond acceptors (Lipinski definition) is 6. The van der Waals surface area contributed by atoms with Crippen molar-refractivity contribution < 1.29 is 4.74 Å². The molecular formula is C33H38N6O. The van der Waals surface area contributed by atoms with Crippen molar-refractivity contribution in [3.05, 3.63) is 83.6 Å². The molecular weight excluding hydrogens is 496 g/mol. The molecule has 2 aromatic carbocycles. The number of ether oxygens (including phenoxy) is 1. The summed E-state index contributed by atoms with van der Waals surface area (Å²) < 4.78 is 7.51. The molecule has 1 unspecified atom stereocenters. The molecule has 0 bridgehead atoms. The number of nitrogens with one attached hydrogen (secondary N) is 3. The van der Waals surface area contributed by atoms with Crippen LogP contribution in [0.15, 0.2) is 66.9 Å². The van der Waals surface area contributed by atoms with Crippen LogP contribution in [0.4, 0.5) is 17.2 Å². The summed E-state index contributed by atoms with van der Waals surface area (Å²) in [7, 11) is 0. The van der Waals surface area contributed by atoms with Gasteiger partial charge in [-0.15, -0.1) is 0 Å². The standard InChI is InChI=1S/C33H38N6O/c1-2-40-27-14-11-25(12-15-27)37-33-28-16-10-24-21-26(35-19-6-9-23-7-4-3-5-8-23)13-17-30(24)38-32(28)29(22-34)31-18-20-36-39(31)33/h3-5,7-8,11-12,14-15,18,20,24,26,30,35,37-38H,2,6,9-10,13,16-17,19,21H2,1H3/t24?,26-,30-/m0/s1. The van der Waals surface area contributed by atoms with Crippen molar-refractivity contribution in [2.24, 2.45) is 5.92 Å². The second kappa shape index (κ2) is 12.0. The summed E-state index contributed by atoms with van der Waals surface area (Å²) in [4.78, 5) is 0. The Balaban J connectivity index is 1.19. The monoisotopic (exact) mass is 534 g/mol. The zero-order chi connectivity index (χ0) is 27.3. The third kappa shape index (κ3) is 5.50. The number of nitrogens with zero attached hydrogens (tertiary/aromatic N) is 3. The molecule has 1 aliphatic carbocycles. The van der Waals surface area contributed by atoms with Crippen LogP contribution >= 0.6 is 0 Å². The Kier molecular flexibility index (Phi) is 7.87. The van der Waals surface area contributed by atoms with Gasteiger partial charge in [-0.1, -0.05) is 30.3 Å². The van der Waals surface area contributed by atoms with Gasteiger partial charge in [-0.3, -0.25) is 0 Å². The van der Waals surface area contributed by atoms with Crippen LogP contribution in [0.1, 0.15) is 55.7 Å². The second-order valence-electron chi connectivity index (χ2n) is 11.0. The largest absolute Gasteiger partial charge is 0.494 e. The SMILES string of the molecule is CCOc1ccc(Nc2c3c(c(C#N)c4ccnn24)N[C@H]2CC[C@H](NCCCc4ccccc4)CC2CC3)cc1. The van der Waals surface area contributed by atoms with E-state index < -0.39 is 0 Å². The zero-order valence-electron chi connectivity index (χ0n) is 23.2. The van der Waals surface area contributed by atoms with E-state index in [2.05, 4.69) is 57.5 Å². The maximum Gasteiger partial charge on any atom is 0.137 e. The molecule has 206 valence electrons. The minimum atomic E-state index is 0.374. The number of fused-ring (bicyclic) bond motifs is 3. The third-order valence-corrected chi connectivity index (χ3v) is 8.48. The predicted molar refractivity (Wildman–Crippen MR) is 160 cm³/mol. The van der Waals surface area contributed by atoms with Gasteiger partial charge in [-0.05, 0) is 100 Å². The van der Waals surface area contributed by atoms with E-state index in [-0.39, 0.29) is 0 Å². The third-order valence-electron chi connectivity index (χ3n) is 8.48. The minimum absolute atomic E-state index is 0.374. The van der Waals surface area contributed by atoms with Crippen LogP contribution in [0.5, 0.6) is 5.75 Å². The van der Waals surface area contributed by atoms with E-state index in [4.69, 9.17) is 4.74 Å².